The van der Waals surface area contributed by atoms with E-state index in [4.69, 9.17) is 0 Å². The predicted molar refractivity (Wildman–Crippen MR) is 67.7 cm³/mol. The molecule has 0 saturated carbocycles. The molecule has 0 bridgehead atoms. The molecular formula is C14H14FNO2. The summed E-state index contributed by atoms with van der Waals surface area (Å²) in [6, 6.07) is 8.58. The standard InChI is InChI=1S/C14H14FNO2/c1-14(2,18)13-8-11(17)7-12(16-13)9-3-5-10(15)6-4-9/h3-8,18H,1-2H3,(H,16,17). The van der Waals surface area contributed by atoms with Gasteiger partial charge in [0.2, 0.25) is 0 Å². The van der Waals surface area contributed by atoms with Gasteiger partial charge >= 0.3 is 0 Å². The minimum Gasteiger partial charge on any atom is -0.384 e. The van der Waals surface area contributed by atoms with Crippen molar-refractivity contribution in [1.29, 1.82) is 0 Å². The van der Waals surface area contributed by atoms with E-state index < -0.39 is 5.60 Å². The summed E-state index contributed by atoms with van der Waals surface area (Å²) < 4.78 is 12.8. The van der Waals surface area contributed by atoms with Crippen molar-refractivity contribution in [2.45, 2.75) is 19.4 Å². The van der Waals surface area contributed by atoms with Crippen molar-refractivity contribution < 1.29 is 9.50 Å². The van der Waals surface area contributed by atoms with Crippen LogP contribution >= 0.6 is 0 Å². The monoisotopic (exact) mass is 247 g/mol. The lowest BCUT2D eigenvalue weighted by molar-refractivity contribution is 0.0739. The summed E-state index contributed by atoms with van der Waals surface area (Å²) in [4.78, 5) is 14.6. The number of benzene rings is 1. The van der Waals surface area contributed by atoms with Crippen LogP contribution in [-0.4, -0.2) is 10.1 Å². The van der Waals surface area contributed by atoms with Gasteiger partial charge in [-0.2, -0.15) is 0 Å². The molecule has 1 aromatic carbocycles. The molecule has 2 rings (SSSR count). The van der Waals surface area contributed by atoms with Gasteiger partial charge in [-0.25, -0.2) is 4.39 Å². The first kappa shape index (κ1) is 12.5. The van der Waals surface area contributed by atoms with E-state index in [0.29, 0.717) is 17.0 Å². The fourth-order valence-electron chi connectivity index (χ4n) is 1.66. The lowest BCUT2D eigenvalue weighted by atomic mass is 10.0. The lowest BCUT2D eigenvalue weighted by Gasteiger charge is -2.18. The number of aromatic nitrogens is 1. The van der Waals surface area contributed by atoms with Crippen LogP contribution in [0.3, 0.4) is 0 Å². The van der Waals surface area contributed by atoms with E-state index >= 15 is 0 Å². The van der Waals surface area contributed by atoms with Gasteiger partial charge in [0.15, 0.2) is 5.43 Å². The van der Waals surface area contributed by atoms with Crippen molar-refractivity contribution >= 4 is 0 Å². The van der Waals surface area contributed by atoms with Crippen LogP contribution in [0, 0.1) is 5.82 Å². The Balaban J connectivity index is 2.55. The molecule has 0 fully saturated rings. The molecule has 0 aliphatic rings. The molecule has 0 spiro atoms. The highest BCUT2D eigenvalue weighted by atomic mass is 19.1. The van der Waals surface area contributed by atoms with Crippen LogP contribution in [0.15, 0.2) is 41.2 Å². The number of aromatic amines is 1. The van der Waals surface area contributed by atoms with Gasteiger partial charge in [-0.05, 0) is 43.7 Å². The SMILES string of the molecule is CC(C)(O)c1cc(=O)cc(-c2ccc(F)cc2)[nH]1. The predicted octanol–water partition coefficient (Wildman–Crippen LogP) is 2.41. The molecule has 0 aliphatic heterocycles. The van der Waals surface area contributed by atoms with Gasteiger partial charge in [0.05, 0.1) is 11.3 Å². The third-order valence-electron chi connectivity index (χ3n) is 2.66. The first-order chi connectivity index (χ1) is 8.36. The summed E-state index contributed by atoms with van der Waals surface area (Å²) in [5.74, 6) is -0.334. The second kappa shape index (κ2) is 4.38. The second-order valence-electron chi connectivity index (χ2n) is 4.71. The zero-order valence-corrected chi connectivity index (χ0v) is 10.2. The van der Waals surface area contributed by atoms with Crippen LogP contribution in [0.2, 0.25) is 0 Å². The molecule has 0 unspecified atom stereocenters. The van der Waals surface area contributed by atoms with Crippen molar-refractivity contribution in [3.8, 4) is 11.3 Å². The van der Waals surface area contributed by atoms with Gasteiger partial charge in [-0.3, -0.25) is 4.79 Å². The van der Waals surface area contributed by atoms with Crippen LogP contribution < -0.4 is 5.43 Å². The number of pyridine rings is 1. The van der Waals surface area contributed by atoms with Crippen molar-refractivity contribution in [2.75, 3.05) is 0 Å². The Morgan fingerprint density at radius 3 is 2.33 bits per heavy atom. The van der Waals surface area contributed by atoms with E-state index in [-0.39, 0.29) is 11.2 Å². The maximum atomic E-state index is 12.8. The maximum Gasteiger partial charge on any atom is 0.182 e. The molecule has 1 aromatic heterocycles. The first-order valence-corrected chi connectivity index (χ1v) is 5.59. The third-order valence-corrected chi connectivity index (χ3v) is 2.66. The third kappa shape index (κ3) is 2.65. The quantitative estimate of drug-likeness (QED) is 0.856. The highest BCUT2D eigenvalue weighted by Crippen LogP contribution is 2.21. The molecule has 18 heavy (non-hydrogen) atoms. The molecule has 0 saturated heterocycles. The smallest absolute Gasteiger partial charge is 0.182 e. The van der Waals surface area contributed by atoms with E-state index in [9.17, 15) is 14.3 Å². The fraction of sp³-hybridized carbons (Fsp3) is 0.214. The number of H-pyrrole nitrogens is 1. The van der Waals surface area contributed by atoms with Crippen molar-refractivity contribution in [3.05, 3.63) is 58.1 Å². The molecule has 0 radical (unpaired) electrons. The Bertz CT molecular complexity index is 609. The Kier molecular flexibility index (Phi) is 3.05. The van der Waals surface area contributed by atoms with Crippen LogP contribution in [-0.2, 0) is 5.60 Å². The number of hydrogen-bond donors (Lipinski definition) is 2. The van der Waals surface area contributed by atoms with Crippen LogP contribution in [0.25, 0.3) is 11.3 Å². The summed E-state index contributed by atoms with van der Waals surface area (Å²) in [5, 5.41) is 9.90. The van der Waals surface area contributed by atoms with E-state index in [1.165, 1.54) is 24.3 Å². The van der Waals surface area contributed by atoms with Gasteiger partial charge in [-0.15, -0.1) is 0 Å². The van der Waals surface area contributed by atoms with Gasteiger partial charge in [-0.1, -0.05) is 0 Å². The van der Waals surface area contributed by atoms with Crippen LogP contribution in [0.1, 0.15) is 19.5 Å². The summed E-state index contributed by atoms with van der Waals surface area (Å²) >= 11 is 0. The zero-order valence-electron chi connectivity index (χ0n) is 10.2. The zero-order chi connectivity index (χ0) is 13.3. The van der Waals surface area contributed by atoms with Crippen molar-refractivity contribution in [1.82, 2.24) is 4.98 Å². The van der Waals surface area contributed by atoms with Gasteiger partial charge in [0.1, 0.15) is 5.82 Å². The molecule has 0 atom stereocenters. The van der Waals surface area contributed by atoms with E-state index in [2.05, 4.69) is 4.98 Å². The molecule has 2 aromatic rings. The van der Waals surface area contributed by atoms with Gasteiger partial charge in [0.25, 0.3) is 0 Å². The average molecular weight is 247 g/mol. The van der Waals surface area contributed by atoms with Crippen molar-refractivity contribution in [2.24, 2.45) is 0 Å². The minimum atomic E-state index is -1.13. The Labute approximate surface area is 104 Å². The summed E-state index contributed by atoms with van der Waals surface area (Å²) in [5.41, 5.74) is 0.341. The topological polar surface area (TPSA) is 53.1 Å². The second-order valence-corrected chi connectivity index (χ2v) is 4.71. The van der Waals surface area contributed by atoms with Gasteiger partial charge < -0.3 is 10.1 Å². The molecule has 94 valence electrons. The highest BCUT2D eigenvalue weighted by Gasteiger charge is 2.18. The molecule has 4 heteroatoms. The molecule has 3 nitrogen and oxygen atoms in total. The molecular weight excluding hydrogens is 233 g/mol. The number of halogens is 1. The molecule has 2 N–H and O–H groups in total. The summed E-state index contributed by atoms with van der Waals surface area (Å²) in [6.45, 7) is 3.18. The van der Waals surface area contributed by atoms with E-state index in [1.807, 2.05) is 0 Å². The van der Waals surface area contributed by atoms with E-state index in [1.54, 1.807) is 26.0 Å². The maximum absolute atomic E-state index is 12.8. The largest absolute Gasteiger partial charge is 0.384 e. The number of aliphatic hydroxyl groups is 1. The average Bonchev–Trinajstić information content (AvgIpc) is 2.28. The normalized spacial score (nSPS) is 11.6. The molecule has 1 heterocycles. The first-order valence-electron chi connectivity index (χ1n) is 5.59. The number of nitrogens with one attached hydrogen (secondary N) is 1. The highest BCUT2D eigenvalue weighted by molar-refractivity contribution is 5.59. The summed E-state index contributed by atoms with van der Waals surface area (Å²) in [6.07, 6.45) is 0. The number of rotatable bonds is 2. The van der Waals surface area contributed by atoms with Crippen LogP contribution in [0.5, 0.6) is 0 Å². The Morgan fingerprint density at radius 2 is 1.78 bits per heavy atom. The van der Waals surface area contributed by atoms with E-state index in [0.717, 1.165) is 0 Å². The van der Waals surface area contributed by atoms with Crippen LogP contribution in [0.4, 0.5) is 4.39 Å². The number of hydrogen-bond acceptors (Lipinski definition) is 2. The molecule has 0 amide bonds. The fourth-order valence-corrected chi connectivity index (χ4v) is 1.66. The minimum absolute atomic E-state index is 0.204. The van der Waals surface area contributed by atoms with Crippen molar-refractivity contribution in [3.63, 3.8) is 0 Å². The Morgan fingerprint density at radius 1 is 1.17 bits per heavy atom. The lowest BCUT2D eigenvalue weighted by Crippen LogP contribution is -2.20. The molecule has 0 aliphatic carbocycles. The Hall–Kier alpha value is -1.94. The summed E-state index contributed by atoms with van der Waals surface area (Å²) in [7, 11) is 0. The van der Waals surface area contributed by atoms with Gasteiger partial charge in [0, 0.05) is 17.8 Å².